The number of halogens is 1. The minimum atomic E-state index is 0. The first-order valence-corrected chi connectivity index (χ1v) is 6.92. The molecule has 0 fully saturated rings. The van der Waals surface area contributed by atoms with Gasteiger partial charge in [0.15, 0.2) is 0 Å². The predicted octanol–water partition coefficient (Wildman–Crippen LogP) is 3.95. The maximum Gasteiger partial charge on any atom is 0.0432 e. The molecule has 1 heterocycles. The molecule has 0 aromatic heterocycles. The molecule has 0 amide bonds. The molecule has 0 atom stereocenters. The fourth-order valence-corrected chi connectivity index (χ4v) is 2.89. The minimum absolute atomic E-state index is 0. The van der Waals surface area contributed by atoms with Gasteiger partial charge in [-0.25, -0.2) is 0 Å². The molecule has 0 aliphatic carbocycles. The van der Waals surface area contributed by atoms with Gasteiger partial charge in [0.25, 0.3) is 0 Å². The first-order chi connectivity index (χ1) is 9.25. The number of nitrogens with zero attached hydrogens (tertiary/aromatic N) is 1. The van der Waals surface area contributed by atoms with E-state index in [9.17, 15) is 0 Å². The van der Waals surface area contributed by atoms with Gasteiger partial charge >= 0.3 is 0 Å². The predicted molar refractivity (Wildman–Crippen MR) is 88.7 cm³/mol. The summed E-state index contributed by atoms with van der Waals surface area (Å²) in [6.07, 6.45) is 2.29. The first kappa shape index (κ1) is 14.7. The Hall–Kier alpha value is -1.67. The third kappa shape index (κ3) is 2.75. The molecule has 0 bridgehead atoms. The van der Waals surface area contributed by atoms with E-state index in [2.05, 4.69) is 48.2 Å². The Balaban J connectivity index is 0.00000147. The highest BCUT2D eigenvalue weighted by Crippen LogP contribution is 2.32. The van der Waals surface area contributed by atoms with Crippen molar-refractivity contribution in [2.45, 2.75) is 26.3 Å². The Kier molecular flexibility index (Phi) is 4.56. The third-order valence-corrected chi connectivity index (χ3v) is 4.01. The zero-order chi connectivity index (χ0) is 13.2. The van der Waals surface area contributed by atoms with E-state index < -0.39 is 0 Å². The van der Waals surface area contributed by atoms with Gasteiger partial charge in [0.1, 0.15) is 0 Å². The maximum absolute atomic E-state index is 6.10. The van der Waals surface area contributed by atoms with E-state index in [1.165, 1.54) is 28.8 Å². The van der Waals surface area contributed by atoms with E-state index in [0.29, 0.717) is 0 Å². The molecule has 2 aromatic rings. The van der Waals surface area contributed by atoms with Gasteiger partial charge in [-0.3, -0.25) is 0 Å². The lowest BCUT2D eigenvalue weighted by Gasteiger charge is -2.32. The Bertz CT molecular complexity index is 595. The Morgan fingerprint density at radius 1 is 1.10 bits per heavy atom. The van der Waals surface area contributed by atoms with Gasteiger partial charge in [-0.15, -0.1) is 12.4 Å². The summed E-state index contributed by atoms with van der Waals surface area (Å²) in [5.41, 5.74) is 12.4. The molecule has 3 rings (SSSR count). The minimum Gasteiger partial charge on any atom is -0.398 e. The fourth-order valence-electron chi connectivity index (χ4n) is 2.89. The van der Waals surface area contributed by atoms with Crippen LogP contribution >= 0.6 is 12.4 Å². The van der Waals surface area contributed by atoms with Crippen molar-refractivity contribution in [1.29, 1.82) is 0 Å². The van der Waals surface area contributed by atoms with Crippen LogP contribution in [0.15, 0.2) is 42.5 Å². The fraction of sp³-hybridized carbons (Fsp3) is 0.294. The second-order valence-corrected chi connectivity index (χ2v) is 5.30. The summed E-state index contributed by atoms with van der Waals surface area (Å²) >= 11 is 0. The van der Waals surface area contributed by atoms with Gasteiger partial charge in [0.05, 0.1) is 0 Å². The standard InChI is InChI=1S/C17H20N2.ClH/c1-13-6-2-3-7-14(13)12-19-11-5-8-15-16(18)9-4-10-17(15)19;/h2-4,6-7,9-10H,5,8,11-12,18H2,1H3;1H. The van der Waals surface area contributed by atoms with E-state index in [4.69, 9.17) is 5.73 Å². The number of benzene rings is 2. The van der Waals surface area contributed by atoms with Gasteiger partial charge < -0.3 is 10.6 Å². The average Bonchev–Trinajstić information content (AvgIpc) is 2.42. The smallest absolute Gasteiger partial charge is 0.0432 e. The summed E-state index contributed by atoms with van der Waals surface area (Å²) in [5, 5.41) is 0. The molecule has 2 nitrogen and oxygen atoms in total. The SMILES string of the molecule is Cc1ccccc1CN1CCCc2c(N)cccc21.Cl. The molecule has 0 saturated heterocycles. The third-order valence-electron chi connectivity index (χ3n) is 4.01. The van der Waals surface area contributed by atoms with Gasteiger partial charge in [0, 0.05) is 24.5 Å². The average molecular weight is 289 g/mol. The zero-order valence-corrected chi connectivity index (χ0v) is 12.6. The van der Waals surface area contributed by atoms with Crippen LogP contribution in [0.2, 0.25) is 0 Å². The molecular weight excluding hydrogens is 268 g/mol. The largest absolute Gasteiger partial charge is 0.398 e. The molecule has 0 saturated carbocycles. The van der Waals surface area contributed by atoms with Crippen molar-refractivity contribution in [3.05, 3.63) is 59.2 Å². The topological polar surface area (TPSA) is 29.3 Å². The summed E-state index contributed by atoms with van der Waals surface area (Å²) < 4.78 is 0. The lowest BCUT2D eigenvalue weighted by Crippen LogP contribution is -2.29. The van der Waals surface area contributed by atoms with Crippen LogP contribution < -0.4 is 10.6 Å². The van der Waals surface area contributed by atoms with Crippen LogP contribution in [0.4, 0.5) is 11.4 Å². The van der Waals surface area contributed by atoms with Crippen molar-refractivity contribution >= 4 is 23.8 Å². The van der Waals surface area contributed by atoms with Gasteiger partial charge in [-0.1, -0.05) is 30.3 Å². The quantitative estimate of drug-likeness (QED) is 0.848. The number of aryl methyl sites for hydroxylation is 1. The molecule has 2 aromatic carbocycles. The summed E-state index contributed by atoms with van der Waals surface area (Å²) in [6.45, 7) is 4.27. The van der Waals surface area contributed by atoms with Crippen LogP contribution in [0.5, 0.6) is 0 Å². The van der Waals surface area contributed by atoms with Crippen LogP contribution in [0.1, 0.15) is 23.1 Å². The summed E-state index contributed by atoms with van der Waals surface area (Å²) in [7, 11) is 0. The molecule has 2 N–H and O–H groups in total. The van der Waals surface area contributed by atoms with Crippen molar-refractivity contribution in [1.82, 2.24) is 0 Å². The van der Waals surface area contributed by atoms with Crippen molar-refractivity contribution in [3.63, 3.8) is 0 Å². The van der Waals surface area contributed by atoms with Gasteiger partial charge in [0.2, 0.25) is 0 Å². The number of hydrogen-bond acceptors (Lipinski definition) is 2. The van der Waals surface area contributed by atoms with Crippen molar-refractivity contribution in [2.75, 3.05) is 17.2 Å². The number of fused-ring (bicyclic) bond motifs is 1. The highest BCUT2D eigenvalue weighted by atomic mass is 35.5. The van der Waals surface area contributed by atoms with Gasteiger partial charge in [-0.05, 0) is 48.6 Å². The van der Waals surface area contributed by atoms with E-state index in [-0.39, 0.29) is 12.4 Å². The Morgan fingerprint density at radius 2 is 1.90 bits per heavy atom. The maximum atomic E-state index is 6.10. The second kappa shape index (κ2) is 6.19. The summed E-state index contributed by atoms with van der Waals surface area (Å²) in [6, 6.07) is 14.9. The monoisotopic (exact) mass is 288 g/mol. The second-order valence-electron chi connectivity index (χ2n) is 5.30. The van der Waals surface area contributed by atoms with E-state index >= 15 is 0 Å². The van der Waals surface area contributed by atoms with E-state index in [1.807, 2.05) is 6.07 Å². The summed E-state index contributed by atoms with van der Waals surface area (Å²) in [4.78, 5) is 2.46. The first-order valence-electron chi connectivity index (χ1n) is 6.92. The van der Waals surface area contributed by atoms with Crippen LogP contribution in [0.3, 0.4) is 0 Å². The number of nitrogen functional groups attached to an aromatic ring is 1. The molecule has 20 heavy (non-hydrogen) atoms. The number of hydrogen-bond donors (Lipinski definition) is 1. The van der Waals surface area contributed by atoms with Crippen molar-refractivity contribution in [2.24, 2.45) is 0 Å². The van der Waals surface area contributed by atoms with Crippen LogP contribution in [0.25, 0.3) is 0 Å². The van der Waals surface area contributed by atoms with Crippen LogP contribution in [0, 0.1) is 6.92 Å². The molecule has 0 spiro atoms. The molecular formula is C17H21ClN2. The number of nitrogens with two attached hydrogens (primary N) is 1. The van der Waals surface area contributed by atoms with Crippen molar-refractivity contribution in [3.8, 4) is 0 Å². The lowest BCUT2D eigenvalue weighted by molar-refractivity contribution is 0.691. The molecule has 1 aliphatic rings. The summed E-state index contributed by atoms with van der Waals surface area (Å²) in [5.74, 6) is 0. The highest BCUT2D eigenvalue weighted by molar-refractivity contribution is 5.85. The number of rotatable bonds is 2. The number of anilines is 2. The van der Waals surface area contributed by atoms with Crippen molar-refractivity contribution < 1.29 is 0 Å². The molecule has 3 heteroatoms. The van der Waals surface area contributed by atoms with Crippen LogP contribution in [-0.2, 0) is 13.0 Å². The Labute approximate surface area is 127 Å². The highest BCUT2D eigenvalue weighted by Gasteiger charge is 2.18. The zero-order valence-electron chi connectivity index (χ0n) is 11.8. The molecule has 0 unspecified atom stereocenters. The van der Waals surface area contributed by atoms with Crippen LogP contribution in [-0.4, -0.2) is 6.54 Å². The lowest BCUT2D eigenvalue weighted by atomic mass is 9.98. The molecule has 0 radical (unpaired) electrons. The normalized spacial score (nSPS) is 13.6. The van der Waals surface area contributed by atoms with Gasteiger partial charge in [-0.2, -0.15) is 0 Å². The Morgan fingerprint density at radius 3 is 2.70 bits per heavy atom. The molecule has 106 valence electrons. The van der Waals surface area contributed by atoms with E-state index in [0.717, 1.165) is 25.2 Å². The van der Waals surface area contributed by atoms with E-state index in [1.54, 1.807) is 0 Å². The molecule has 1 aliphatic heterocycles.